The van der Waals surface area contributed by atoms with Gasteiger partial charge in [-0.15, -0.1) is 0 Å². The third-order valence-corrected chi connectivity index (χ3v) is 10.3. The lowest BCUT2D eigenvalue weighted by Gasteiger charge is -2.39. The van der Waals surface area contributed by atoms with E-state index in [1.807, 2.05) is 0 Å². The van der Waals surface area contributed by atoms with Crippen LogP contribution < -0.4 is 4.90 Å². The van der Waals surface area contributed by atoms with Crippen molar-refractivity contribution in [2.45, 2.75) is 12.0 Å². The molecule has 0 fully saturated rings. The van der Waals surface area contributed by atoms with Crippen LogP contribution in [0.4, 0.5) is 11.4 Å². The Hall–Kier alpha value is -6.44. The van der Waals surface area contributed by atoms with Crippen LogP contribution in [-0.2, 0) is 0 Å². The van der Waals surface area contributed by atoms with Crippen LogP contribution in [0.2, 0.25) is 0 Å². The molecule has 242 valence electrons. The summed E-state index contributed by atoms with van der Waals surface area (Å²) in [6.45, 7) is 0. The topological polar surface area (TPSA) is 3.24 Å². The zero-order chi connectivity index (χ0) is 34.0. The molecule has 8 aromatic rings. The van der Waals surface area contributed by atoms with Gasteiger partial charge in [0.05, 0.1) is 6.04 Å². The molecule has 0 heterocycles. The fourth-order valence-electron chi connectivity index (χ4n) is 7.81. The fraction of sp³-hybridized carbons (Fsp3) is 0.0400. The average Bonchev–Trinajstić information content (AvgIpc) is 3.22. The van der Waals surface area contributed by atoms with E-state index in [1.165, 1.54) is 71.9 Å². The van der Waals surface area contributed by atoms with E-state index >= 15 is 0 Å². The molecule has 1 nitrogen and oxygen atoms in total. The van der Waals surface area contributed by atoms with E-state index in [1.54, 1.807) is 0 Å². The second-order valence-electron chi connectivity index (χ2n) is 13.3. The molecule has 2 unspecified atom stereocenters. The van der Waals surface area contributed by atoms with Crippen molar-refractivity contribution in [3.63, 3.8) is 0 Å². The van der Waals surface area contributed by atoms with Crippen molar-refractivity contribution in [3.8, 4) is 33.4 Å². The molecule has 1 heteroatoms. The third kappa shape index (κ3) is 5.83. The van der Waals surface area contributed by atoms with Crippen LogP contribution in [0.1, 0.15) is 11.5 Å². The first-order valence-electron chi connectivity index (χ1n) is 17.8. The molecular formula is C50H37N. The predicted molar refractivity (Wildman–Crippen MR) is 218 cm³/mol. The quantitative estimate of drug-likeness (QED) is 0.166. The van der Waals surface area contributed by atoms with Crippen molar-refractivity contribution >= 4 is 32.9 Å². The van der Waals surface area contributed by atoms with Crippen molar-refractivity contribution < 1.29 is 0 Å². The highest BCUT2D eigenvalue weighted by atomic mass is 15.2. The molecule has 0 saturated carbocycles. The van der Waals surface area contributed by atoms with E-state index in [9.17, 15) is 0 Å². The molecule has 9 rings (SSSR count). The molecule has 1 aliphatic carbocycles. The standard InChI is InChI=1S/C50H37N/c1-2-15-36(16-3-1)37-31-33-40(34-32-37)46-25-8-10-28-48(46)51(50-30-14-20-39-18-5-7-24-45(39)50)49-29-11-9-26-47(49)42-22-12-21-41(35-42)44-27-13-19-38-17-4-6-23-43(38)44/h1-35,46,48H. The molecular weight excluding hydrogens is 615 g/mol. The van der Waals surface area contributed by atoms with Gasteiger partial charge in [-0.1, -0.05) is 194 Å². The Morgan fingerprint density at radius 3 is 1.71 bits per heavy atom. The van der Waals surface area contributed by atoms with Crippen LogP contribution >= 0.6 is 0 Å². The summed E-state index contributed by atoms with van der Waals surface area (Å²) in [7, 11) is 0. The highest BCUT2D eigenvalue weighted by Crippen LogP contribution is 2.45. The second kappa shape index (κ2) is 13.5. The molecule has 0 bridgehead atoms. The lowest BCUT2D eigenvalue weighted by molar-refractivity contribution is 0.692. The van der Waals surface area contributed by atoms with Crippen LogP contribution in [0.25, 0.3) is 54.9 Å². The van der Waals surface area contributed by atoms with Crippen LogP contribution in [0.15, 0.2) is 212 Å². The summed E-state index contributed by atoms with van der Waals surface area (Å²) in [6.07, 6.45) is 9.15. The van der Waals surface area contributed by atoms with Gasteiger partial charge in [0.2, 0.25) is 0 Å². The maximum atomic E-state index is 2.58. The highest BCUT2D eigenvalue weighted by molar-refractivity contribution is 6.00. The third-order valence-electron chi connectivity index (χ3n) is 10.3. The Morgan fingerprint density at radius 1 is 0.353 bits per heavy atom. The Morgan fingerprint density at radius 2 is 0.882 bits per heavy atom. The molecule has 0 amide bonds. The molecule has 51 heavy (non-hydrogen) atoms. The molecule has 0 N–H and O–H groups in total. The van der Waals surface area contributed by atoms with E-state index in [0.29, 0.717) is 0 Å². The Kier molecular flexibility index (Phi) is 8.08. The van der Waals surface area contributed by atoms with E-state index < -0.39 is 0 Å². The number of hydrogen-bond acceptors (Lipinski definition) is 1. The zero-order valence-corrected chi connectivity index (χ0v) is 28.3. The first-order valence-corrected chi connectivity index (χ1v) is 17.8. The van der Waals surface area contributed by atoms with E-state index in [0.717, 1.165) is 0 Å². The lowest BCUT2D eigenvalue weighted by Crippen LogP contribution is -2.35. The average molecular weight is 652 g/mol. The lowest BCUT2D eigenvalue weighted by atomic mass is 9.85. The monoisotopic (exact) mass is 651 g/mol. The van der Waals surface area contributed by atoms with Crippen LogP contribution in [0.5, 0.6) is 0 Å². The zero-order valence-electron chi connectivity index (χ0n) is 28.3. The van der Waals surface area contributed by atoms with Crippen molar-refractivity contribution in [2.75, 3.05) is 4.90 Å². The number of para-hydroxylation sites is 1. The predicted octanol–water partition coefficient (Wildman–Crippen LogP) is 13.4. The minimum atomic E-state index is 0.0331. The summed E-state index contributed by atoms with van der Waals surface area (Å²) in [4.78, 5) is 2.58. The van der Waals surface area contributed by atoms with Crippen molar-refractivity contribution in [2.24, 2.45) is 0 Å². The molecule has 0 radical (unpaired) electrons. The number of hydrogen-bond donors (Lipinski definition) is 0. The fourth-order valence-corrected chi connectivity index (χ4v) is 7.81. The molecule has 8 aromatic carbocycles. The van der Waals surface area contributed by atoms with Gasteiger partial charge in [0.15, 0.2) is 0 Å². The minimum Gasteiger partial charge on any atom is -0.332 e. The van der Waals surface area contributed by atoms with E-state index in [2.05, 4.69) is 217 Å². The van der Waals surface area contributed by atoms with Crippen molar-refractivity contribution in [1.82, 2.24) is 0 Å². The van der Waals surface area contributed by atoms with Gasteiger partial charge < -0.3 is 4.90 Å². The highest BCUT2D eigenvalue weighted by Gasteiger charge is 2.30. The maximum Gasteiger partial charge on any atom is 0.0629 e. The number of nitrogens with zero attached hydrogens (tertiary/aromatic N) is 1. The Labute approximate surface area is 300 Å². The number of rotatable bonds is 7. The number of allylic oxidation sites excluding steroid dienone is 2. The van der Waals surface area contributed by atoms with Crippen LogP contribution in [0, 0.1) is 0 Å². The summed E-state index contributed by atoms with van der Waals surface area (Å²) in [6, 6.07) is 68.5. The summed E-state index contributed by atoms with van der Waals surface area (Å²) < 4.78 is 0. The minimum absolute atomic E-state index is 0.0331. The molecule has 0 aromatic heterocycles. The Balaban J connectivity index is 1.20. The van der Waals surface area contributed by atoms with Gasteiger partial charge in [0.25, 0.3) is 0 Å². The van der Waals surface area contributed by atoms with Crippen molar-refractivity contribution in [1.29, 1.82) is 0 Å². The largest absolute Gasteiger partial charge is 0.332 e. The molecule has 2 atom stereocenters. The van der Waals surface area contributed by atoms with Gasteiger partial charge in [0, 0.05) is 28.2 Å². The molecule has 0 spiro atoms. The number of anilines is 2. The first-order chi connectivity index (χ1) is 25.3. The summed E-state index contributed by atoms with van der Waals surface area (Å²) in [5, 5.41) is 4.99. The maximum absolute atomic E-state index is 2.58. The van der Waals surface area contributed by atoms with Gasteiger partial charge in [-0.3, -0.25) is 0 Å². The normalized spacial score (nSPS) is 15.3. The first kappa shape index (κ1) is 30.6. The summed E-state index contributed by atoms with van der Waals surface area (Å²) >= 11 is 0. The smallest absolute Gasteiger partial charge is 0.0629 e. The van der Waals surface area contributed by atoms with Gasteiger partial charge in [-0.2, -0.15) is 0 Å². The van der Waals surface area contributed by atoms with Gasteiger partial charge in [-0.25, -0.2) is 0 Å². The van der Waals surface area contributed by atoms with E-state index in [-0.39, 0.29) is 12.0 Å². The van der Waals surface area contributed by atoms with Crippen LogP contribution in [-0.4, -0.2) is 6.04 Å². The van der Waals surface area contributed by atoms with Gasteiger partial charge >= 0.3 is 0 Å². The van der Waals surface area contributed by atoms with Gasteiger partial charge in [0.1, 0.15) is 0 Å². The summed E-state index contributed by atoms with van der Waals surface area (Å²) in [5.41, 5.74) is 11.0. The second-order valence-corrected chi connectivity index (χ2v) is 13.3. The van der Waals surface area contributed by atoms with Crippen molar-refractivity contribution in [3.05, 3.63) is 218 Å². The molecule has 0 saturated heterocycles. The SMILES string of the molecule is C1=CC(c2ccc(-c3ccccc3)cc2)C(N(c2ccccc2-c2cccc(-c3cccc4ccccc34)c2)c2cccc3ccccc23)C=C1. The Bertz CT molecular complexity index is 2530. The van der Waals surface area contributed by atoms with Gasteiger partial charge in [-0.05, 0) is 67.7 Å². The number of fused-ring (bicyclic) bond motifs is 2. The number of benzene rings is 8. The summed E-state index contributed by atoms with van der Waals surface area (Å²) in [5.74, 6) is 0.133. The molecule has 1 aliphatic rings. The van der Waals surface area contributed by atoms with E-state index in [4.69, 9.17) is 0 Å². The molecule has 0 aliphatic heterocycles. The van der Waals surface area contributed by atoms with Crippen LogP contribution in [0.3, 0.4) is 0 Å².